The lowest BCUT2D eigenvalue weighted by Crippen LogP contribution is -1.80. The van der Waals surface area contributed by atoms with Gasteiger partial charge in [-0.1, -0.05) is 48.5 Å². The molecule has 0 bridgehead atoms. The summed E-state index contributed by atoms with van der Waals surface area (Å²) < 4.78 is 0. The molecule has 2 heteroatoms. The first-order valence-electron chi connectivity index (χ1n) is 6.41. The standard InChI is InChI=1S/C18H14O2/c19-17-9-5-15(6-10-17)13-1-2-14(4-3-13)16-7-11-18(20)12-8-16/h1-12,19-20H. The zero-order chi connectivity index (χ0) is 13.9. The zero-order valence-corrected chi connectivity index (χ0v) is 10.8. The number of phenolic OH excluding ortho intramolecular Hbond substituents is 2. The van der Waals surface area contributed by atoms with E-state index >= 15 is 0 Å². The fraction of sp³-hybridized carbons (Fsp3) is 0. The van der Waals surface area contributed by atoms with Crippen LogP contribution in [0.1, 0.15) is 0 Å². The van der Waals surface area contributed by atoms with Crippen molar-refractivity contribution in [2.45, 2.75) is 0 Å². The lowest BCUT2D eigenvalue weighted by atomic mass is 10.0. The van der Waals surface area contributed by atoms with Crippen LogP contribution in [0, 0.1) is 0 Å². The van der Waals surface area contributed by atoms with Crippen molar-refractivity contribution in [3.8, 4) is 33.8 Å². The number of hydrogen-bond acceptors (Lipinski definition) is 2. The molecule has 0 aliphatic heterocycles. The van der Waals surface area contributed by atoms with E-state index in [2.05, 4.69) is 24.3 Å². The molecule has 3 rings (SSSR count). The topological polar surface area (TPSA) is 40.5 Å². The zero-order valence-electron chi connectivity index (χ0n) is 10.8. The largest absolute Gasteiger partial charge is 0.508 e. The van der Waals surface area contributed by atoms with Gasteiger partial charge >= 0.3 is 0 Å². The van der Waals surface area contributed by atoms with Crippen LogP contribution in [0.2, 0.25) is 0 Å². The molecule has 0 spiro atoms. The molecule has 0 amide bonds. The van der Waals surface area contributed by atoms with Gasteiger partial charge in [0.05, 0.1) is 0 Å². The Morgan fingerprint density at radius 1 is 0.350 bits per heavy atom. The number of benzene rings is 3. The molecule has 3 aromatic carbocycles. The Hall–Kier alpha value is -2.74. The van der Waals surface area contributed by atoms with Gasteiger partial charge in [0.25, 0.3) is 0 Å². The Kier molecular flexibility index (Phi) is 3.13. The lowest BCUT2D eigenvalue weighted by molar-refractivity contribution is 0.475. The summed E-state index contributed by atoms with van der Waals surface area (Å²) in [4.78, 5) is 0. The highest BCUT2D eigenvalue weighted by molar-refractivity contribution is 5.70. The van der Waals surface area contributed by atoms with Crippen molar-refractivity contribution < 1.29 is 10.2 Å². The summed E-state index contributed by atoms with van der Waals surface area (Å²) >= 11 is 0. The molecule has 0 fully saturated rings. The van der Waals surface area contributed by atoms with E-state index in [-0.39, 0.29) is 11.5 Å². The summed E-state index contributed by atoms with van der Waals surface area (Å²) in [5, 5.41) is 18.6. The minimum absolute atomic E-state index is 0.273. The van der Waals surface area contributed by atoms with E-state index in [0.717, 1.165) is 22.3 Å². The molecule has 0 radical (unpaired) electrons. The third-order valence-corrected chi connectivity index (χ3v) is 3.29. The average molecular weight is 262 g/mol. The van der Waals surface area contributed by atoms with E-state index < -0.39 is 0 Å². The Bertz CT molecular complexity index is 631. The first kappa shape index (κ1) is 12.3. The van der Waals surface area contributed by atoms with Crippen LogP contribution in [0.3, 0.4) is 0 Å². The van der Waals surface area contributed by atoms with E-state index in [0.29, 0.717) is 0 Å². The van der Waals surface area contributed by atoms with E-state index in [1.807, 2.05) is 24.3 Å². The van der Waals surface area contributed by atoms with Crippen LogP contribution in [0.4, 0.5) is 0 Å². The van der Waals surface area contributed by atoms with Crippen LogP contribution < -0.4 is 0 Å². The van der Waals surface area contributed by atoms with E-state index in [9.17, 15) is 10.2 Å². The maximum Gasteiger partial charge on any atom is 0.115 e. The summed E-state index contributed by atoms with van der Waals surface area (Å²) in [7, 11) is 0. The highest BCUT2D eigenvalue weighted by atomic mass is 16.3. The van der Waals surface area contributed by atoms with Gasteiger partial charge in [-0.15, -0.1) is 0 Å². The highest BCUT2D eigenvalue weighted by Gasteiger charge is 2.00. The summed E-state index contributed by atoms with van der Waals surface area (Å²) in [6, 6.07) is 22.5. The highest BCUT2D eigenvalue weighted by Crippen LogP contribution is 2.26. The van der Waals surface area contributed by atoms with Crippen molar-refractivity contribution in [1.82, 2.24) is 0 Å². The molecule has 0 atom stereocenters. The summed E-state index contributed by atoms with van der Waals surface area (Å²) in [5.74, 6) is 0.545. The molecule has 0 aliphatic rings. The normalized spacial score (nSPS) is 10.4. The third kappa shape index (κ3) is 2.50. The number of phenols is 2. The molecular formula is C18H14O2. The third-order valence-electron chi connectivity index (χ3n) is 3.29. The summed E-state index contributed by atoms with van der Waals surface area (Å²) in [6.45, 7) is 0. The molecule has 0 unspecified atom stereocenters. The molecule has 98 valence electrons. The van der Waals surface area contributed by atoms with Crippen molar-refractivity contribution in [3.05, 3.63) is 72.8 Å². The molecule has 0 saturated carbocycles. The van der Waals surface area contributed by atoms with Crippen LogP contribution in [0.25, 0.3) is 22.3 Å². The van der Waals surface area contributed by atoms with Gasteiger partial charge in [-0.2, -0.15) is 0 Å². The van der Waals surface area contributed by atoms with Gasteiger partial charge in [-0.3, -0.25) is 0 Å². The van der Waals surface area contributed by atoms with Gasteiger partial charge in [-0.05, 0) is 46.5 Å². The van der Waals surface area contributed by atoms with E-state index in [4.69, 9.17) is 0 Å². The Morgan fingerprint density at radius 3 is 0.800 bits per heavy atom. The number of hydrogen-bond donors (Lipinski definition) is 2. The van der Waals surface area contributed by atoms with Crippen molar-refractivity contribution in [1.29, 1.82) is 0 Å². The van der Waals surface area contributed by atoms with Gasteiger partial charge in [0.1, 0.15) is 11.5 Å². The van der Waals surface area contributed by atoms with Gasteiger partial charge < -0.3 is 10.2 Å². The molecular weight excluding hydrogens is 248 g/mol. The van der Waals surface area contributed by atoms with Crippen LogP contribution >= 0.6 is 0 Å². The quantitative estimate of drug-likeness (QED) is 0.717. The summed E-state index contributed by atoms with van der Waals surface area (Å²) in [5.41, 5.74) is 4.35. The Balaban J connectivity index is 1.91. The van der Waals surface area contributed by atoms with Gasteiger partial charge in [0.2, 0.25) is 0 Å². The molecule has 0 aliphatic carbocycles. The summed E-state index contributed by atoms with van der Waals surface area (Å²) in [6.07, 6.45) is 0. The maximum atomic E-state index is 9.30. The van der Waals surface area contributed by atoms with Crippen LogP contribution in [0.5, 0.6) is 11.5 Å². The fourth-order valence-corrected chi connectivity index (χ4v) is 2.16. The van der Waals surface area contributed by atoms with E-state index in [1.54, 1.807) is 24.3 Å². The molecule has 3 aromatic rings. The fourth-order valence-electron chi connectivity index (χ4n) is 2.16. The second-order valence-electron chi connectivity index (χ2n) is 4.67. The molecule has 2 nitrogen and oxygen atoms in total. The number of aromatic hydroxyl groups is 2. The van der Waals surface area contributed by atoms with Crippen LogP contribution in [-0.2, 0) is 0 Å². The minimum Gasteiger partial charge on any atom is -0.508 e. The smallest absolute Gasteiger partial charge is 0.115 e. The first-order chi connectivity index (χ1) is 9.72. The predicted molar refractivity (Wildman–Crippen MR) is 80.6 cm³/mol. The number of rotatable bonds is 2. The van der Waals surface area contributed by atoms with Crippen molar-refractivity contribution >= 4 is 0 Å². The van der Waals surface area contributed by atoms with Crippen molar-refractivity contribution in [3.63, 3.8) is 0 Å². The SMILES string of the molecule is Oc1ccc(-c2ccc(-c3ccc(O)cc3)cc2)cc1. The Morgan fingerprint density at radius 2 is 0.550 bits per heavy atom. The minimum atomic E-state index is 0.273. The van der Waals surface area contributed by atoms with Gasteiger partial charge in [0, 0.05) is 0 Å². The first-order valence-corrected chi connectivity index (χ1v) is 6.41. The second kappa shape index (κ2) is 5.10. The van der Waals surface area contributed by atoms with Crippen LogP contribution in [0.15, 0.2) is 72.8 Å². The van der Waals surface area contributed by atoms with Crippen LogP contribution in [-0.4, -0.2) is 10.2 Å². The average Bonchev–Trinajstić information content (AvgIpc) is 2.49. The molecule has 0 saturated heterocycles. The molecule has 2 N–H and O–H groups in total. The second-order valence-corrected chi connectivity index (χ2v) is 4.67. The molecule has 0 heterocycles. The van der Waals surface area contributed by atoms with Gasteiger partial charge in [0.15, 0.2) is 0 Å². The molecule has 0 aromatic heterocycles. The van der Waals surface area contributed by atoms with Gasteiger partial charge in [-0.25, -0.2) is 0 Å². The Labute approximate surface area is 117 Å². The van der Waals surface area contributed by atoms with Crippen molar-refractivity contribution in [2.24, 2.45) is 0 Å². The molecule has 20 heavy (non-hydrogen) atoms. The lowest BCUT2D eigenvalue weighted by Gasteiger charge is -2.05. The van der Waals surface area contributed by atoms with E-state index in [1.165, 1.54) is 0 Å². The monoisotopic (exact) mass is 262 g/mol. The predicted octanol–water partition coefficient (Wildman–Crippen LogP) is 4.43. The maximum absolute atomic E-state index is 9.30. The van der Waals surface area contributed by atoms with Crippen molar-refractivity contribution in [2.75, 3.05) is 0 Å².